The van der Waals surface area contributed by atoms with E-state index >= 15 is 0 Å². The Labute approximate surface area is 173 Å². The smallest absolute Gasteiger partial charge is 0.388 e. The summed E-state index contributed by atoms with van der Waals surface area (Å²) in [5, 5.41) is 30.6. The molecule has 3 atom stereocenters. The SMILES string of the molecule is Cc1cc2nc3c(=O)[nH]c(=O)[nH]c3[n+](C[C@H](O)[C@H](O)[C@H](O)COP(=O)(O)O)c2cc1C. The molecular formula is C17H22N4O9P+. The van der Waals surface area contributed by atoms with Crippen LogP contribution in [0.3, 0.4) is 0 Å². The van der Waals surface area contributed by atoms with Gasteiger partial charge in [-0.25, -0.2) is 18.9 Å². The highest BCUT2D eigenvalue weighted by molar-refractivity contribution is 7.46. The number of aliphatic hydroxyl groups excluding tert-OH is 3. The maximum atomic E-state index is 12.3. The molecule has 0 aliphatic carbocycles. The average molecular weight is 457 g/mol. The Hall–Kier alpha value is -2.51. The Morgan fingerprint density at radius 2 is 1.74 bits per heavy atom. The number of hydrogen-bond donors (Lipinski definition) is 7. The number of phosphoric acid groups is 1. The first kappa shape index (κ1) is 23.2. The van der Waals surface area contributed by atoms with Crippen molar-refractivity contribution < 1.29 is 38.8 Å². The van der Waals surface area contributed by atoms with E-state index in [1.807, 2.05) is 13.8 Å². The van der Waals surface area contributed by atoms with E-state index in [0.29, 0.717) is 11.0 Å². The number of fused-ring (bicyclic) bond motifs is 2. The Kier molecular flexibility index (Phi) is 6.39. The largest absolute Gasteiger partial charge is 0.469 e. The first-order valence-electron chi connectivity index (χ1n) is 9.09. The lowest BCUT2D eigenvalue weighted by molar-refractivity contribution is -0.657. The van der Waals surface area contributed by atoms with E-state index in [-0.39, 0.29) is 11.2 Å². The molecule has 0 aliphatic rings. The van der Waals surface area contributed by atoms with Crippen LogP contribution >= 0.6 is 7.82 Å². The number of aliphatic hydroxyl groups is 3. The van der Waals surface area contributed by atoms with Crippen LogP contribution in [0.15, 0.2) is 21.7 Å². The molecule has 0 unspecified atom stereocenters. The summed E-state index contributed by atoms with van der Waals surface area (Å²) >= 11 is 0. The maximum Gasteiger partial charge on any atom is 0.469 e. The summed E-state index contributed by atoms with van der Waals surface area (Å²) in [5.41, 5.74) is 0.888. The van der Waals surface area contributed by atoms with Crippen LogP contribution in [0.1, 0.15) is 11.1 Å². The van der Waals surface area contributed by atoms with Gasteiger partial charge in [0.15, 0.2) is 5.52 Å². The lowest BCUT2D eigenvalue weighted by atomic mass is 10.1. The number of rotatable bonds is 7. The molecule has 14 heteroatoms. The molecule has 1 aromatic carbocycles. The minimum absolute atomic E-state index is 0.0169. The fourth-order valence-electron chi connectivity index (χ4n) is 3.11. The number of benzene rings is 1. The third-order valence-corrected chi connectivity index (χ3v) is 5.34. The van der Waals surface area contributed by atoms with E-state index in [1.54, 1.807) is 12.1 Å². The predicted octanol–water partition coefficient (Wildman–Crippen LogP) is -2.14. The maximum absolute atomic E-state index is 12.3. The number of nitrogens with zero attached hydrogens (tertiary/aromatic N) is 2. The molecule has 13 nitrogen and oxygen atoms in total. The highest BCUT2D eigenvalue weighted by Gasteiger charge is 2.31. The van der Waals surface area contributed by atoms with Crippen molar-refractivity contribution >= 4 is 30.0 Å². The van der Waals surface area contributed by atoms with Gasteiger partial charge in [-0.2, -0.15) is 4.98 Å². The summed E-state index contributed by atoms with van der Waals surface area (Å²) in [6, 6.07) is 3.44. The van der Waals surface area contributed by atoms with Crippen LogP contribution in [0.4, 0.5) is 0 Å². The van der Waals surface area contributed by atoms with Crippen LogP contribution in [0.5, 0.6) is 0 Å². The second-order valence-corrected chi connectivity index (χ2v) is 8.40. The van der Waals surface area contributed by atoms with Gasteiger partial charge in [-0.05, 0) is 37.1 Å². The van der Waals surface area contributed by atoms with Crippen molar-refractivity contribution in [1.82, 2.24) is 15.0 Å². The van der Waals surface area contributed by atoms with Gasteiger partial charge >= 0.3 is 19.2 Å². The molecule has 0 spiro atoms. The van der Waals surface area contributed by atoms with Crippen molar-refractivity contribution in [3.8, 4) is 0 Å². The van der Waals surface area contributed by atoms with Crippen LogP contribution in [0, 0.1) is 13.8 Å². The van der Waals surface area contributed by atoms with Crippen molar-refractivity contribution in [2.24, 2.45) is 0 Å². The highest BCUT2D eigenvalue weighted by atomic mass is 31.2. The summed E-state index contributed by atoms with van der Waals surface area (Å²) in [6.45, 7) is 2.35. The number of aryl methyl sites for hydroxylation is 2. The second-order valence-electron chi connectivity index (χ2n) is 7.16. The Morgan fingerprint density at radius 1 is 1.10 bits per heavy atom. The molecule has 2 heterocycles. The Balaban J connectivity index is 2.08. The third-order valence-electron chi connectivity index (χ3n) is 4.85. The van der Waals surface area contributed by atoms with Gasteiger partial charge in [0.05, 0.1) is 6.61 Å². The van der Waals surface area contributed by atoms with Gasteiger partial charge < -0.3 is 25.1 Å². The van der Waals surface area contributed by atoms with Crippen molar-refractivity contribution in [2.45, 2.75) is 38.7 Å². The average Bonchev–Trinajstić information content (AvgIpc) is 2.67. The van der Waals surface area contributed by atoms with Gasteiger partial charge in [-0.15, -0.1) is 0 Å². The second kappa shape index (κ2) is 8.55. The molecule has 0 aliphatic heterocycles. The molecule has 7 N–H and O–H groups in total. The Morgan fingerprint density at radius 3 is 2.39 bits per heavy atom. The summed E-state index contributed by atoms with van der Waals surface area (Å²) in [4.78, 5) is 50.3. The number of aromatic amines is 2. The molecule has 0 fully saturated rings. The first-order chi connectivity index (χ1) is 14.4. The van der Waals surface area contributed by atoms with Gasteiger partial charge in [-0.3, -0.25) is 14.3 Å². The van der Waals surface area contributed by atoms with Crippen LogP contribution in [-0.2, 0) is 15.6 Å². The monoisotopic (exact) mass is 457 g/mol. The van der Waals surface area contributed by atoms with Crippen molar-refractivity contribution in [2.75, 3.05) is 6.61 Å². The van der Waals surface area contributed by atoms with Crippen LogP contribution < -0.4 is 15.8 Å². The molecule has 31 heavy (non-hydrogen) atoms. The summed E-state index contributed by atoms with van der Waals surface area (Å²) in [7, 11) is -4.89. The number of phosphoric ester groups is 1. The standard InChI is InChI=1S/C17H21N4O9P/c1-7-3-9-10(4-8(7)2)21(15-13(18-9)16(25)20-17(26)19-15)5-11(22)14(24)12(23)6-30-31(27,28)29/h3-4,11-12,14,22-24H,5-6H2,1-2H3,(H3,20,25,26,27,28,29)/p+1/t11-,12+,14-/m0/s1. The zero-order chi connectivity index (χ0) is 23.1. The van der Waals surface area contributed by atoms with Gasteiger partial charge in [0.1, 0.15) is 30.4 Å². The molecule has 0 radical (unpaired) electrons. The van der Waals surface area contributed by atoms with Gasteiger partial charge in [0.2, 0.25) is 5.52 Å². The lowest BCUT2D eigenvalue weighted by Gasteiger charge is -2.22. The molecular weight excluding hydrogens is 435 g/mol. The van der Waals surface area contributed by atoms with Crippen LogP contribution in [0.2, 0.25) is 0 Å². The molecule has 0 amide bonds. The topological polar surface area (TPSA) is 210 Å². The molecule has 0 saturated heterocycles. The zero-order valence-corrected chi connectivity index (χ0v) is 17.4. The number of hydrogen-bond acceptors (Lipinski definition) is 8. The van der Waals surface area contributed by atoms with E-state index in [4.69, 9.17) is 9.79 Å². The lowest BCUT2D eigenvalue weighted by Crippen LogP contribution is -2.51. The Bertz CT molecular complexity index is 1300. The van der Waals surface area contributed by atoms with Gasteiger partial charge in [0.25, 0.3) is 5.56 Å². The van der Waals surface area contributed by atoms with E-state index in [0.717, 1.165) is 11.1 Å². The minimum Gasteiger partial charge on any atom is -0.388 e. The molecule has 3 aromatic rings. The number of nitrogens with one attached hydrogen (secondary N) is 2. The molecule has 0 bridgehead atoms. The van der Waals surface area contributed by atoms with E-state index in [2.05, 4.69) is 19.5 Å². The van der Waals surface area contributed by atoms with Crippen LogP contribution in [-0.4, -0.2) is 65.0 Å². The minimum atomic E-state index is -4.89. The third kappa shape index (κ3) is 5.05. The van der Waals surface area contributed by atoms with Crippen molar-refractivity contribution in [1.29, 1.82) is 0 Å². The molecule has 3 rings (SSSR count). The van der Waals surface area contributed by atoms with E-state index < -0.39 is 50.5 Å². The quantitative estimate of drug-likeness (QED) is 0.116. The first-order valence-corrected chi connectivity index (χ1v) is 10.6. The summed E-state index contributed by atoms with van der Waals surface area (Å²) < 4.78 is 16.3. The van der Waals surface area contributed by atoms with E-state index in [1.165, 1.54) is 4.57 Å². The summed E-state index contributed by atoms with van der Waals surface area (Å²) in [5.74, 6) is 0. The van der Waals surface area contributed by atoms with E-state index in [9.17, 15) is 29.5 Å². The zero-order valence-electron chi connectivity index (χ0n) is 16.5. The summed E-state index contributed by atoms with van der Waals surface area (Å²) in [6.07, 6.45) is -5.36. The highest BCUT2D eigenvalue weighted by Crippen LogP contribution is 2.35. The van der Waals surface area contributed by atoms with Gasteiger partial charge in [-0.1, -0.05) is 0 Å². The van der Waals surface area contributed by atoms with Crippen molar-refractivity contribution in [3.05, 3.63) is 44.1 Å². The molecule has 2 aromatic heterocycles. The van der Waals surface area contributed by atoms with Gasteiger partial charge in [0, 0.05) is 0 Å². The normalized spacial score (nSPS) is 15.3. The fraction of sp³-hybridized carbons (Fsp3) is 0.412. The predicted molar refractivity (Wildman–Crippen MR) is 106 cm³/mol. The number of H-pyrrole nitrogens is 2. The fourth-order valence-corrected chi connectivity index (χ4v) is 3.46. The number of aromatic nitrogens is 4. The van der Waals surface area contributed by atoms with Crippen molar-refractivity contribution in [3.63, 3.8) is 0 Å². The molecule has 0 saturated carbocycles. The van der Waals surface area contributed by atoms with Crippen LogP contribution in [0.25, 0.3) is 22.2 Å². The molecule has 168 valence electrons.